The van der Waals surface area contributed by atoms with Crippen LogP contribution in [-0.2, 0) is 4.79 Å². The Bertz CT molecular complexity index is 569. The Morgan fingerprint density at radius 1 is 1.42 bits per heavy atom. The monoisotopic (exact) mass is 320 g/mol. The van der Waals surface area contributed by atoms with E-state index < -0.39 is 0 Å². The van der Waals surface area contributed by atoms with Crippen molar-refractivity contribution in [3.8, 4) is 11.8 Å². The molecule has 0 unspecified atom stereocenters. The van der Waals surface area contributed by atoms with Crippen LogP contribution < -0.4 is 0 Å². The molecule has 4 nitrogen and oxygen atoms in total. The second-order valence-corrected chi connectivity index (χ2v) is 5.23. The molecule has 2 rings (SSSR count). The molecule has 1 N–H and O–H groups in total. The third kappa shape index (κ3) is 3.15. The highest BCUT2D eigenvalue weighted by molar-refractivity contribution is 9.10. The zero-order valence-corrected chi connectivity index (χ0v) is 11.9. The van der Waals surface area contributed by atoms with Gasteiger partial charge in [-0.2, -0.15) is 5.26 Å². The second-order valence-electron chi connectivity index (χ2n) is 4.38. The van der Waals surface area contributed by atoms with E-state index in [1.54, 1.807) is 23.1 Å². The van der Waals surface area contributed by atoms with E-state index in [1.807, 2.05) is 6.07 Å². The summed E-state index contributed by atoms with van der Waals surface area (Å²) >= 11 is 3.20. The van der Waals surface area contributed by atoms with Gasteiger partial charge in [0.1, 0.15) is 17.4 Å². The van der Waals surface area contributed by atoms with Gasteiger partial charge >= 0.3 is 0 Å². The molecule has 0 atom stereocenters. The van der Waals surface area contributed by atoms with E-state index >= 15 is 0 Å². The number of hydrogen-bond donors (Lipinski definition) is 1. The summed E-state index contributed by atoms with van der Waals surface area (Å²) in [7, 11) is 0. The third-order valence-electron chi connectivity index (χ3n) is 3.03. The summed E-state index contributed by atoms with van der Waals surface area (Å²) in [5.74, 6) is -0.0919. The molecule has 1 aliphatic rings. The first-order valence-corrected chi connectivity index (χ1v) is 6.80. The lowest BCUT2D eigenvalue weighted by Gasteiger charge is -2.14. The molecule has 1 aromatic rings. The van der Waals surface area contributed by atoms with Crippen molar-refractivity contribution < 1.29 is 9.90 Å². The largest absolute Gasteiger partial charge is 0.507 e. The zero-order chi connectivity index (χ0) is 13.8. The summed E-state index contributed by atoms with van der Waals surface area (Å²) in [5.41, 5.74) is 0.827. The zero-order valence-electron chi connectivity index (χ0n) is 10.3. The van der Waals surface area contributed by atoms with E-state index in [-0.39, 0.29) is 17.2 Å². The van der Waals surface area contributed by atoms with Gasteiger partial charge in [0, 0.05) is 13.1 Å². The fraction of sp³-hybridized carbons (Fsp3) is 0.286. The SMILES string of the molecule is N#C/C(=C\c1ccc(O)c(Br)c1)C(=O)N1CCCC1. The van der Waals surface area contributed by atoms with Crippen molar-refractivity contribution in [1.29, 1.82) is 5.26 Å². The molecule has 1 heterocycles. The lowest BCUT2D eigenvalue weighted by molar-refractivity contribution is -0.125. The van der Waals surface area contributed by atoms with Crippen LogP contribution >= 0.6 is 15.9 Å². The van der Waals surface area contributed by atoms with E-state index in [2.05, 4.69) is 15.9 Å². The second kappa shape index (κ2) is 5.89. The fourth-order valence-corrected chi connectivity index (χ4v) is 2.41. The Balaban J connectivity index is 2.25. The molecule has 0 bridgehead atoms. The number of phenolic OH excluding ortho intramolecular Hbond substituents is 1. The van der Waals surface area contributed by atoms with Crippen molar-refractivity contribution >= 4 is 27.9 Å². The van der Waals surface area contributed by atoms with Crippen LogP contribution in [0.4, 0.5) is 0 Å². The van der Waals surface area contributed by atoms with Crippen LogP contribution in [0.25, 0.3) is 6.08 Å². The number of hydrogen-bond acceptors (Lipinski definition) is 3. The molecule has 1 amide bonds. The summed E-state index contributed by atoms with van der Waals surface area (Å²) in [6.45, 7) is 1.44. The first kappa shape index (κ1) is 13.6. The Labute approximate surface area is 120 Å². The molecule has 0 radical (unpaired) electrons. The molecule has 0 aromatic heterocycles. The van der Waals surface area contributed by atoms with E-state index in [9.17, 15) is 9.90 Å². The van der Waals surface area contributed by atoms with Gasteiger partial charge in [0.25, 0.3) is 5.91 Å². The Morgan fingerprint density at radius 3 is 2.68 bits per heavy atom. The standard InChI is InChI=1S/C14H13BrN2O2/c15-12-8-10(3-4-13(12)18)7-11(9-16)14(19)17-5-1-2-6-17/h3-4,7-8,18H,1-2,5-6H2/b11-7+. The average molecular weight is 321 g/mol. The molecule has 1 aromatic carbocycles. The minimum Gasteiger partial charge on any atom is -0.507 e. The van der Waals surface area contributed by atoms with E-state index in [0.717, 1.165) is 25.9 Å². The number of carbonyl (C=O) groups excluding carboxylic acids is 1. The summed E-state index contributed by atoms with van der Waals surface area (Å²) in [4.78, 5) is 13.8. The summed E-state index contributed by atoms with van der Waals surface area (Å²) in [6, 6.07) is 6.80. The van der Waals surface area contributed by atoms with E-state index in [0.29, 0.717) is 10.0 Å². The highest BCUT2D eigenvalue weighted by Crippen LogP contribution is 2.25. The predicted molar refractivity (Wildman–Crippen MR) is 75.2 cm³/mol. The lowest BCUT2D eigenvalue weighted by atomic mass is 10.1. The maximum atomic E-state index is 12.1. The molecule has 0 saturated carbocycles. The molecule has 19 heavy (non-hydrogen) atoms. The van der Waals surface area contributed by atoms with E-state index in [4.69, 9.17) is 5.26 Å². The molecule has 5 heteroatoms. The van der Waals surface area contributed by atoms with Crippen molar-refractivity contribution in [2.45, 2.75) is 12.8 Å². The first-order valence-electron chi connectivity index (χ1n) is 6.01. The van der Waals surface area contributed by atoms with Crippen molar-refractivity contribution in [3.05, 3.63) is 33.8 Å². The van der Waals surface area contributed by atoms with Crippen LogP contribution in [0.3, 0.4) is 0 Å². The van der Waals surface area contributed by atoms with Crippen LogP contribution in [0.5, 0.6) is 5.75 Å². The molecule has 1 fully saturated rings. The van der Waals surface area contributed by atoms with Crippen LogP contribution in [-0.4, -0.2) is 29.0 Å². The highest BCUT2D eigenvalue weighted by atomic mass is 79.9. The maximum Gasteiger partial charge on any atom is 0.264 e. The number of phenols is 1. The highest BCUT2D eigenvalue weighted by Gasteiger charge is 2.21. The summed E-state index contributed by atoms with van der Waals surface area (Å²) < 4.78 is 0.534. The van der Waals surface area contributed by atoms with Crippen LogP contribution in [0, 0.1) is 11.3 Å². The van der Waals surface area contributed by atoms with Crippen molar-refractivity contribution in [2.75, 3.05) is 13.1 Å². The number of nitrogens with zero attached hydrogens (tertiary/aromatic N) is 2. The topological polar surface area (TPSA) is 64.3 Å². The van der Waals surface area contributed by atoms with Gasteiger partial charge in [0.2, 0.25) is 0 Å². The lowest BCUT2D eigenvalue weighted by Crippen LogP contribution is -2.28. The van der Waals surface area contributed by atoms with Gasteiger partial charge in [-0.05, 0) is 52.5 Å². The molecular formula is C14H13BrN2O2. The number of amides is 1. The number of aromatic hydroxyl groups is 1. The number of rotatable bonds is 2. The summed E-state index contributed by atoms with van der Waals surface area (Å²) in [6.07, 6.45) is 3.54. The predicted octanol–water partition coefficient (Wildman–Crippen LogP) is 2.68. The minimum atomic E-state index is -0.218. The van der Waals surface area contributed by atoms with Gasteiger partial charge < -0.3 is 10.0 Å². The molecule has 1 aliphatic heterocycles. The van der Waals surface area contributed by atoms with Gasteiger partial charge in [0.05, 0.1) is 4.47 Å². The Morgan fingerprint density at radius 2 is 2.11 bits per heavy atom. The van der Waals surface area contributed by atoms with Crippen LogP contribution in [0.1, 0.15) is 18.4 Å². The molecule has 98 valence electrons. The number of halogens is 1. The Kier molecular flexibility index (Phi) is 4.23. The van der Waals surface area contributed by atoms with E-state index in [1.165, 1.54) is 6.07 Å². The smallest absolute Gasteiger partial charge is 0.264 e. The van der Waals surface area contributed by atoms with Crippen molar-refractivity contribution in [1.82, 2.24) is 4.90 Å². The van der Waals surface area contributed by atoms with Gasteiger partial charge in [-0.15, -0.1) is 0 Å². The summed E-state index contributed by atoms with van der Waals surface area (Å²) in [5, 5.41) is 18.5. The van der Waals surface area contributed by atoms with Crippen LogP contribution in [0.15, 0.2) is 28.2 Å². The molecule has 1 saturated heterocycles. The van der Waals surface area contributed by atoms with Gasteiger partial charge in [-0.25, -0.2) is 0 Å². The van der Waals surface area contributed by atoms with Crippen molar-refractivity contribution in [2.24, 2.45) is 0 Å². The number of nitriles is 1. The number of carbonyl (C=O) groups is 1. The number of benzene rings is 1. The van der Waals surface area contributed by atoms with Crippen molar-refractivity contribution in [3.63, 3.8) is 0 Å². The average Bonchev–Trinajstić information content (AvgIpc) is 2.93. The minimum absolute atomic E-state index is 0.125. The molecule has 0 spiro atoms. The molecular weight excluding hydrogens is 308 g/mol. The number of likely N-dealkylation sites (tertiary alicyclic amines) is 1. The van der Waals surface area contributed by atoms with Gasteiger partial charge in [-0.1, -0.05) is 6.07 Å². The first-order chi connectivity index (χ1) is 9.11. The normalized spacial score (nSPS) is 15.4. The fourth-order valence-electron chi connectivity index (χ4n) is 2.01. The van der Waals surface area contributed by atoms with Gasteiger partial charge in [0.15, 0.2) is 0 Å². The maximum absolute atomic E-state index is 12.1. The molecule has 0 aliphatic carbocycles. The third-order valence-corrected chi connectivity index (χ3v) is 3.66. The van der Waals surface area contributed by atoms with Crippen LogP contribution in [0.2, 0.25) is 0 Å². The Hall–Kier alpha value is -1.80. The quantitative estimate of drug-likeness (QED) is 0.673. The van der Waals surface area contributed by atoms with Gasteiger partial charge in [-0.3, -0.25) is 4.79 Å².